The van der Waals surface area contributed by atoms with E-state index >= 15 is 0 Å². The molecule has 0 aromatic rings. The summed E-state index contributed by atoms with van der Waals surface area (Å²) < 4.78 is 0. The monoisotopic (exact) mass is 186 g/mol. The van der Waals surface area contributed by atoms with Crippen LogP contribution in [0.5, 0.6) is 0 Å². The summed E-state index contributed by atoms with van der Waals surface area (Å²) in [4.78, 5) is 2.33. The first-order valence-corrected chi connectivity index (χ1v) is 5.20. The van der Waals surface area contributed by atoms with Crippen molar-refractivity contribution < 1.29 is 5.11 Å². The highest BCUT2D eigenvalue weighted by Crippen LogP contribution is 2.21. The summed E-state index contributed by atoms with van der Waals surface area (Å²) >= 11 is 0. The Labute approximate surface area is 80.9 Å². The number of likely N-dealkylation sites (tertiary alicyclic amines) is 1. The Morgan fingerprint density at radius 2 is 2.00 bits per heavy atom. The Balaban J connectivity index is 2.40. The molecule has 0 amide bonds. The predicted molar refractivity (Wildman–Crippen MR) is 54.5 cm³/mol. The van der Waals surface area contributed by atoms with Crippen LogP contribution in [0.15, 0.2) is 0 Å². The number of nitrogens with zero attached hydrogens (tertiary/aromatic N) is 1. The van der Waals surface area contributed by atoms with Crippen LogP contribution in [0.3, 0.4) is 0 Å². The highest BCUT2D eigenvalue weighted by Gasteiger charge is 2.29. The first-order valence-electron chi connectivity index (χ1n) is 5.20. The van der Waals surface area contributed by atoms with Crippen molar-refractivity contribution in [1.29, 1.82) is 0 Å². The number of hydrogen-bond donors (Lipinski definition) is 2. The molecule has 0 aromatic heterocycles. The lowest BCUT2D eigenvalue weighted by Gasteiger charge is -2.27. The molecular weight excluding hydrogens is 164 g/mol. The SMILES string of the molecule is CC(N)C1CCN(C(C)C(C)O)C1. The van der Waals surface area contributed by atoms with Gasteiger partial charge in [0, 0.05) is 18.6 Å². The number of hydrogen-bond acceptors (Lipinski definition) is 3. The van der Waals surface area contributed by atoms with Crippen molar-refractivity contribution in [2.45, 2.75) is 45.4 Å². The van der Waals surface area contributed by atoms with E-state index < -0.39 is 0 Å². The Bertz CT molecular complexity index is 159. The summed E-state index contributed by atoms with van der Waals surface area (Å²) in [7, 11) is 0. The summed E-state index contributed by atoms with van der Waals surface area (Å²) in [5.41, 5.74) is 5.85. The minimum Gasteiger partial charge on any atom is -0.392 e. The molecule has 13 heavy (non-hydrogen) atoms. The van der Waals surface area contributed by atoms with Gasteiger partial charge in [-0.3, -0.25) is 4.90 Å². The number of rotatable bonds is 3. The Morgan fingerprint density at radius 1 is 1.38 bits per heavy atom. The van der Waals surface area contributed by atoms with Crippen LogP contribution in [0.2, 0.25) is 0 Å². The average molecular weight is 186 g/mol. The van der Waals surface area contributed by atoms with Gasteiger partial charge in [0.25, 0.3) is 0 Å². The summed E-state index contributed by atoms with van der Waals surface area (Å²) in [6.45, 7) is 8.13. The molecule has 1 saturated heterocycles. The Kier molecular flexibility index (Phi) is 3.71. The summed E-state index contributed by atoms with van der Waals surface area (Å²) in [6.07, 6.45) is 0.932. The molecule has 0 aromatic carbocycles. The van der Waals surface area contributed by atoms with Crippen molar-refractivity contribution >= 4 is 0 Å². The van der Waals surface area contributed by atoms with Crippen molar-refractivity contribution in [3.63, 3.8) is 0 Å². The van der Waals surface area contributed by atoms with Gasteiger partial charge in [-0.05, 0) is 39.7 Å². The van der Waals surface area contributed by atoms with Gasteiger partial charge >= 0.3 is 0 Å². The molecule has 4 unspecified atom stereocenters. The second kappa shape index (κ2) is 4.40. The van der Waals surface area contributed by atoms with Gasteiger partial charge < -0.3 is 10.8 Å². The van der Waals surface area contributed by atoms with Crippen molar-refractivity contribution in [2.75, 3.05) is 13.1 Å². The smallest absolute Gasteiger partial charge is 0.0664 e. The van der Waals surface area contributed by atoms with Gasteiger partial charge in [-0.2, -0.15) is 0 Å². The van der Waals surface area contributed by atoms with E-state index in [4.69, 9.17) is 5.73 Å². The molecule has 3 N–H and O–H groups in total. The fourth-order valence-corrected chi connectivity index (χ4v) is 1.92. The summed E-state index contributed by atoms with van der Waals surface area (Å²) in [5.74, 6) is 0.612. The molecule has 1 fully saturated rings. The summed E-state index contributed by atoms with van der Waals surface area (Å²) in [6, 6.07) is 0.551. The van der Waals surface area contributed by atoms with E-state index in [0.717, 1.165) is 13.1 Å². The van der Waals surface area contributed by atoms with Crippen LogP contribution in [-0.2, 0) is 0 Å². The lowest BCUT2D eigenvalue weighted by atomic mass is 10.0. The third-order valence-electron chi connectivity index (χ3n) is 3.27. The first-order chi connectivity index (χ1) is 6.02. The molecule has 0 spiro atoms. The molecular formula is C10H22N2O. The topological polar surface area (TPSA) is 49.5 Å². The molecule has 1 rings (SSSR count). The highest BCUT2D eigenvalue weighted by atomic mass is 16.3. The van der Waals surface area contributed by atoms with E-state index in [-0.39, 0.29) is 18.2 Å². The third kappa shape index (κ3) is 2.66. The molecule has 1 aliphatic heterocycles. The Morgan fingerprint density at radius 3 is 2.38 bits per heavy atom. The van der Waals surface area contributed by atoms with Gasteiger partial charge in [0.15, 0.2) is 0 Å². The molecule has 1 heterocycles. The molecule has 4 atom stereocenters. The molecule has 0 aliphatic carbocycles. The van der Waals surface area contributed by atoms with Crippen LogP contribution in [0, 0.1) is 5.92 Å². The van der Waals surface area contributed by atoms with Crippen LogP contribution in [0.1, 0.15) is 27.2 Å². The van der Waals surface area contributed by atoms with Crippen molar-refractivity contribution in [3.8, 4) is 0 Å². The second-order valence-electron chi connectivity index (χ2n) is 4.38. The maximum Gasteiger partial charge on any atom is 0.0664 e. The molecule has 1 aliphatic rings. The van der Waals surface area contributed by atoms with Gasteiger partial charge in [0.2, 0.25) is 0 Å². The maximum atomic E-state index is 9.43. The number of aliphatic hydroxyl groups is 1. The molecule has 3 heteroatoms. The van der Waals surface area contributed by atoms with E-state index in [0.29, 0.717) is 5.92 Å². The van der Waals surface area contributed by atoms with Crippen LogP contribution < -0.4 is 5.73 Å². The molecule has 0 bridgehead atoms. The third-order valence-corrected chi connectivity index (χ3v) is 3.27. The predicted octanol–water partition coefficient (Wildman–Crippen LogP) is 0.425. The van der Waals surface area contributed by atoms with Crippen LogP contribution in [-0.4, -0.2) is 41.3 Å². The zero-order valence-corrected chi connectivity index (χ0v) is 8.90. The first kappa shape index (κ1) is 11.0. The second-order valence-corrected chi connectivity index (χ2v) is 4.38. The quantitative estimate of drug-likeness (QED) is 0.672. The van der Waals surface area contributed by atoms with E-state index in [1.165, 1.54) is 6.42 Å². The number of nitrogens with two attached hydrogens (primary N) is 1. The molecule has 0 saturated carbocycles. The minimum atomic E-state index is -0.244. The van der Waals surface area contributed by atoms with E-state index in [1.54, 1.807) is 0 Å². The van der Waals surface area contributed by atoms with E-state index in [2.05, 4.69) is 18.7 Å². The van der Waals surface area contributed by atoms with Crippen molar-refractivity contribution in [3.05, 3.63) is 0 Å². The minimum absolute atomic E-state index is 0.244. The van der Waals surface area contributed by atoms with Crippen LogP contribution in [0.4, 0.5) is 0 Å². The normalized spacial score (nSPS) is 31.6. The maximum absolute atomic E-state index is 9.43. The molecule has 78 valence electrons. The van der Waals surface area contributed by atoms with Gasteiger partial charge in [-0.15, -0.1) is 0 Å². The molecule has 0 radical (unpaired) electrons. The fourth-order valence-electron chi connectivity index (χ4n) is 1.92. The van der Waals surface area contributed by atoms with Gasteiger partial charge in [0.1, 0.15) is 0 Å². The summed E-state index contributed by atoms with van der Waals surface area (Å²) in [5, 5.41) is 9.43. The van der Waals surface area contributed by atoms with Crippen LogP contribution in [0.25, 0.3) is 0 Å². The van der Waals surface area contributed by atoms with Gasteiger partial charge in [0.05, 0.1) is 6.10 Å². The van der Waals surface area contributed by atoms with E-state index in [9.17, 15) is 5.11 Å². The van der Waals surface area contributed by atoms with Crippen LogP contribution >= 0.6 is 0 Å². The highest BCUT2D eigenvalue weighted by molar-refractivity contribution is 4.85. The average Bonchev–Trinajstić information content (AvgIpc) is 2.50. The fraction of sp³-hybridized carbons (Fsp3) is 1.00. The molecule has 3 nitrogen and oxygen atoms in total. The van der Waals surface area contributed by atoms with Gasteiger partial charge in [-0.1, -0.05) is 0 Å². The lowest BCUT2D eigenvalue weighted by molar-refractivity contribution is 0.0828. The van der Waals surface area contributed by atoms with Crippen molar-refractivity contribution in [1.82, 2.24) is 4.90 Å². The standard InChI is InChI=1S/C10H22N2O/c1-7(11)10-4-5-12(6-10)8(2)9(3)13/h7-10,13H,4-6,11H2,1-3H3. The largest absolute Gasteiger partial charge is 0.392 e. The lowest BCUT2D eigenvalue weighted by Crippen LogP contribution is -2.40. The zero-order valence-electron chi connectivity index (χ0n) is 8.90. The van der Waals surface area contributed by atoms with E-state index in [1.807, 2.05) is 6.92 Å². The zero-order chi connectivity index (χ0) is 10.0. The van der Waals surface area contributed by atoms with Gasteiger partial charge in [-0.25, -0.2) is 0 Å². The van der Waals surface area contributed by atoms with Crippen molar-refractivity contribution in [2.24, 2.45) is 11.7 Å². The Hall–Kier alpha value is -0.120. The number of aliphatic hydroxyl groups excluding tert-OH is 1.